The monoisotopic (exact) mass is 229 g/mol. The maximum Gasteiger partial charge on any atom is 0.0967 e. The standard InChI is InChI=1S/C13H27NO2/c1-11(2)8-7-9-12(3,4)14(11)16-10-13(5,6)15/h15H,7-10H2,1-6H3. The van der Waals surface area contributed by atoms with Crippen molar-refractivity contribution in [2.75, 3.05) is 6.61 Å². The van der Waals surface area contributed by atoms with E-state index < -0.39 is 5.60 Å². The third-order valence-corrected chi connectivity index (χ3v) is 3.22. The normalized spacial score (nSPS) is 25.7. The van der Waals surface area contributed by atoms with Crippen LogP contribution in [0.25, 0.3) is 0 Å². The molecule has 3 heteroatoms. The van der Waals surface area contributed by atoms with Crippen LogP contribution in [0, 0.1) is 0 Å². The smallest absolute Gasteiger partial charge is 0.0967 e. The molecule has 0 aliphatic carbocycles. The van der Waals surface area contributed by atoms with Gasteiger partial charge in [0.25, 0.3) is 0 Å². The van der Waals surface area contributed by atoms with Gasteiger partial charge in [0.05, 0.1) is 12.2 Å². The predicted octanol–water partition coefficient (Wildman–Crippen LogP) is 2.73. The molecule has 1 N–H and O–H groups in total. The zero-order valence-corrected chi connectivity index (χ0v) is 11.6. The van der Waals surface area contributed by atoms with Crippen molar-refractivity contribution in [3.8, 4) is 0 Å². The number of aliphatic hydroxyl groups is 1. The van der Waals surface area contributed by atoms with Crippen LogP contribution in [-0.2, 0) is 4.84 Å². The van der Waals surface area contributed by atoms with Gasteiger partial charge in [-0.25, -0.2) is 0 Å². The summed E-state index contributed by atoms with van der Waals surface area (Å²) in [6, 6.07) is 0. The van der Waals surface area contributed by atoms with E-state index >= 15 is 0 Å². The maximum absolute atomic E-state index is 9.74. The summed E-state index contributed by atoms with van der Waals surface area (Å²) < 4.78 is 0. The number of rotatable bonds is 3. The Morgan fingerprint density at radius 1 is 1.12 bits per heavy atom. The van der Waals surface area contributed by atoms with E-state index in [2.05, 4.69) is 32.8 Å². The van der Waals surface area contributed by atoms with E-state index in [1.54, 1.807) is 13.8 Å². The molecule has 1 aliphatic rings. The van der Waals surface area contributed by atoms with E-state index in [0.717, 1.165) is 12.8 Å². The lowest BCUT2D eigenvalue weighted by molar-refractivity contribution is -0.296. The molecule has 1 fully saturated rings. The summed E-state index contributed by atoms with van der Waals surface area (Å²) in [6.45, 7) is 12.7. The van der Waals surface area contributed by atoms with Crippen LogP contribution in [0.2, 0.25) is 0 Å². The first kappa shape index (κ1) is 13.9. The maximum atomic E-state index is 9.74. The molecular weight excluding hydrogens is 202 g/mol. The Morgan fingerprint density at radius 3 is 1.94 bits per heavy atom. The van der Waals surface area contributed by atoms with Gasteiger partial charge in [0.1, 0.15) is 0 Å². The third-order valence-electron chi connectivity index (χ3n) is 3.22. The van der Waals surface area contributed by atoms with E-state index in [9.17, 15) is 5.11 Å². The van der Waals surface area contributed by atoms with Gasteiger partial charge in [0.15, 0.2) is 0 Å². The van der Waals surface area contributed by atoms with Crippen molar-refractivity contribution in [2.24, 2.45) is 0 Å². The van der Waals surface area contributed by atoms with Gasteiger partial charge in [-0.1, -0.05) is 0 Å². The van der Waals surface area contributed by atoms with Crippen LogP contribution in [0.3, 0.4) is 0 Å². The molecule has 0 saturated carbocycles. The van der Waals surface area contributed by atoms with Gasteiger partial charge < -0.3 is 5.11 Å². The van der Waals surface area contributed by atoms with Gasteiger partial charge in [-0.15, -0.1) is 0 Å². The highest BCUT2D eigenvalue weighted by Gasteiger charge is 2.42. The van der Waals surface area contributed by atoms with Crippen molar-refractivity contribution in [3.05, 3.63) is 0 Å². The predicted molar refractivity (Wildman–Crippen MR) is 66.1 cm³/mol. The molecular formula is C13H27NO2. The first-order valence-corrected chi connectivity index (χ1v) is 6.20. The Hall–Kier alpha value is -0.120. The van der Waals surface area contributed by atoms with Crippen molar-refractivity contribution in [3.63, 3.8) is 0 Å². The third kappa shape index (κ3) is 3.44. The summed E-state index contributed by atoms with van der Waals surface area (Å²) >= 11 is 0. The minimum absolute atomic E-state index is 0.0486. The molecule has 3 nitrogen and oxygen atoms in total. The van der Waals surface area contributed by atoms with Crippen molar-refractivity contribution in [1.29, 1.82) is 0 Å². The van der Waals surface area contributed by atoms with Gasteiger partial charge in [0.2, 0.25) is 0 Å². The summed E-state index contributed by atoms with van der Waals surface area (Å²) in [7, 11) is 0. The summed E-state index contributed by atoms with van der Waals surface area (Å²) in [6.07, 6.45) is 3.52. The van der Waals surface area contributed by atoms with Crippen LogP contribution in [0.1, 0.15) is 60.8 Å². The molecule has 0 bridgehead atoms. The molecule has 0 spiro atoms. The Kier molecular flexibility index (Phi) is 3.73. The summed E-state index contributed by atoms with van der Waals surface area (Å²) in [5, 5.41) is 11.8. The molecule has 0 aromatic carbocycles. The highest BCUT2D eigenvalue weighted by atomic mass is 16.7. The number of hydrogen-bond acceptors (Lipinski definition) is 3. The molecule has 1 aliphatic heterocycles. The van der Waals surface area contributed by atoms with Crippen LogP contribution in [0.4, 0.5) is 0 Å². The Labute approximate surface area is 99.7 Å². The fourth-order valence-corrected chi connectivity index (χ4v) is 2.55. The topological polar surface area (TPSA) is 32.7 Å². The minimum Gasteiger partial charge on any atom is -0.388 e. The summed E-state index contributed by atoms with van der Waals surface area (Å²) in [5.41, 5.74) is -0.677. The summed E-state index contributed by atoms with van der Waals surface area (Å²) in [4.78, 5) is 5.86. The number of piperidine rings is 1. The second-order valence-corrected chi connectivity index (χ2v) is 6.86. The minimum atomic E-state index is -0.774. The fourth-order valence-electron chi connectivity index (χ4n) is 2.55. The van der Waals surface area contributed by atoms with Gasteiger partial charge in [-0.2, -0.15) is 5.06 Å². The van der Waals surface area contributed by atoms with Gasteiger partial charge in [0, 0.05) is 11.1 Å². The average molecular weight is 229 g/mol. The first-order chi connectivity index (χ1) is 7.05. The van der Waals surface area contributed by atoms with Crippen LogP contribution < -0.4 is 0 Å². The molecule has 0 aromatic heterocycles. The van der Waals surface area contributed by atoms with Crippen LogP contribution >= 0.6 is 0 Å². The van der Waals surface area contributed by atoms with Crippen molar-refractivity contribution < 1.29 is 9.94 Å². The molecule has 0 aromatic rings. The second kappa shape index (κ2) is 4.28. The molecule has 1 heterocycles. The number of hydroxylamine groups is 2. The summed E-state index contributed by atoms with van der Waals surface area (Å²) in [5.74, 6) is 0. The Balaban J connectivity index is 2.72. The van der Waals surface area contributed by atoms with Gasteiger partial charge >= 0.3 is 0 Å². The van der Waals surface area contributed by atoms with Gasteiger partial charge in [-0.3, -0.25) is 4.84 Å². The molecule has 0 amide bonds. The Bertz CT molecular complexity index is 225. The zero-order chi connectivity index (χ0) is 12.6. The largest absolute Gasteiger partial charge is 0.388 e. The van der Waals surface area contributed by atoms with Crippen LogP contribution in [0.5, 0.6) is 0 Å². The van der Waals surface area contributed by atoms with Crippen molar-refractivity contribution in [1.82, 2.24) is 5.06 Å². The highest BCUT2D eigenvalue weighted by Crippen LogP contribution is 2.38. The lowest BCUT2D eigenvalue weighted by Crippen LogP contribution is -2.59. The van der Waals surface area contributed by atoms with Crippen LogP contribution in [-0.4, -0.2) is 33.5 Å². The van der Waals surface area contributed by atoms with E-state index in [-0.39, 0.29) is 11.1 Å². The van der Waals surface area contributed by atoms with Crippen molar-refractivity contribution in [2.45, 2.75) is 77.5 Å². The Morgan fingerprint density at radius 2 is 1.56 bits per heavy atom. The van der Waals surface area contributed by atoms with E-state index in [0.29, 0.717) is 6.61 Å². The first-order valence-electron chi connectivity index (χ1n) is 6.20. The molecule has 0 unspecified atom stereocenters. The molecule has 16 heavy (non-hydrogen) atoms. The van der Waals surface area contributed by atoms with Crippen molar-refractivity contribution >= 4 is 0 Å². The van der Waals surface area contributed by atoms with E-state index in [1.165, 1.54) is 6.42 Å². The SMILES string of the molecule is CC(C)(O)CON1C(C)(C)CCCC1(C)C. The molecule has 1 rings (SSSR count). The fraction of sp³-hybridized carbons (Fsp3) is 1.00. The van der Waals surface area contributed by atoms with E-state index in [1.807, 2.05) is 0 Å². The quantitative estimate of drug-likeness (QED) is 0.807. The number of nitrogens with zero attached hydrogens (tertiary/aromatic N) is 1. The van der Waals surface area contributed by atoms with Crippen LogP contribution in [0.15, 0.2) is 0 Å². The molecule has 1 saturated heterocycles. The second-order valence-electron chi connectivity index (χ2n) is 6.86. The van der Waals surface area contributed by atoms with Gasteiger partial charge in [-0.05, 0) is 60.8 Å². The lowest BCUT2D eigenvalue weighted by atomic mass is 9.82. The molecule has 96 valence electrons. The number of hydrogen-bond donors (Lipinski definition) is 1. The van der Waals surface area contributed by atoms with E-state index in [4.69, 9.17) is 4.84 Å². The molecule has 0 atom stereocenters. The molecule has 0 radical (unpaired) electrons. The highest BCUT2D eigenvalue weighted by molar-refractivity contribution is 4.92. The lowest BCUT2D eigenvalue weighted by Gasteiger charge is -2.51. The zero-order valence-electron chi connectivity index (χ0n) is 11.6. The average Bonchev–Trinajstić information content (AvgIpc) is 1.97.